The molecular weight excluding hydrogens is 236 g/mol. The summed E-state index contributed by atoms with van der Waals surface area (Å²) in [5, 5.41) is 3.31. The van der Waals surface area contributed by atoms with Crippen LogP contribution in [0, 0.1) is 17.8 Å². The minimum atomic E-state index is -2.75. The molecule has 2 aliphatic heterocycles. The van der Waals surface area contributed by atoms with Crippen molar-refractivity contribution < 1.29 is 8.42 Å². The first kappa shape index (κ1) is 12.9. The Hall–Kier alpha value is -0.570. The van der Waals surface area contributed by atoms with E-state index in [9.17, 15) is 8.42 Å². The van der Waals surface area contributed by atoms with Crippen molar-refractivity contribution in [3.05, 3.63) is 0 Å². The normalized spacial score (nSPS) is 26.1. The zero-order valence-electron chi connectivity index (χ0n) is 10.1. The molecule has 0 spiro atoms. The van der Waals surface area contributed by atoms with Gasteiger partial charge in [0.2, 0.25) is 0 Å². The molecule has 4 nitrogen and oxygen atoms in total. The molecule has 96 valence electrons. The third-order valence-electron chi connectivity index (χ3n) is 3.37. The van der Waals surface area contributed by atoms with Crippen LogP contribution in [0.3, 0.4) is 0 Å². The fourth-order valence-electron chi connectivity index (χ4n) is 2.21. The van der Waals surface area contributed by atoms with Gasteiger partial charge in [0, 0.05) is 32.1 Å². The van der Waals surface area contributed by atoms with Gasteiger partial charge in [-0.25, -0.2) is 8.42 Å². The van der Waals surface area contributed by atoms with E-state index in [1.54, 1.807) is 0 Å². The molecule has 0 amide bonds. The van der Waals surface area contributed by atoms with Crippen molar-refractivity contribution in [1.82, 2.24) is 10.2 Å². The highest BCUT2D eigenvalue weighted by molar-refractivity contribution is 7.91. The smallest absolute Gasteiger partial charge is 0.150 e. The lowest BCUT2D eigenvalue weighted by Crippen LogP contribution is -2.43. The highest BCUT2D eigenvalue weighted by Crippen LogP contribution is 2.17. The Morgan fingerprint density at radius 2 is 1.82 bits per heavy atom. The topological polar surface area (TPSA) is 49.4 Å². The number of hydrogen-bond acceptors (Lipinski definition) is 4. The molecule has 2 rings (SSSR count). The lowest BCUT2D eigenvalue weighted by molar-refractivity contribution is 0.268. The summed E-state index contributed by atoms with van der Waals surface area (Å²) in [6, 6.07) is 0. The summed E-state index contributed by atoms with van der Waals surface area (Å²) in [7, 11) is -2.75. The van der Waals surface area contributed by atoms with Gasteiger partial charge in [-0.1, -0.05) is 11.8 Å². The van der Waals surface area contributed by atoms with Crippen LogP contribution in [0.15, 0.2) is 0 Å². The summed E-state index contributed by atoms with van der Waals surface area (Å²) in [6.45, 7) is 5.04. The predicted molar refractivity (Wildman–Crippen MR) is 68.5 cm³/mol. The van der Waals surface area contributed by atoms with Gasteiger partial charge in [-0.3, -0.25) is 4.90 Å². The molecule has 2 heterocycles. The van der Waals surface area contributed by atoms with Gasteiger partial charge >= 0.3 is 0 Å². The molecule has 0 aromatic rings. The average molecular weight is 256 g/mol. The molecule has 2 aliphatic rings. The van der Waals surface area contributed by atoms with E-state index in [1.807, 2.05) is 0 Å². The largest absolute Gasteiger partial charge is 0.314 e. The quantitative estimate of drug-likeness (QED) is 0.656. The minimum absolute atomic E-state index is 0.293. The maximum Gasteiger partial charge on any atom is 0.150 e. The van der Waals surface area contributed by atoms with Crippen LogP contribution in [0.4, 0.5) is 0 Å². The van der Waals surface area contributed by atoms with Crippen molar-refractivity contribution in [3.8, 4) is 11.8 Å². The van der Waals surface area contributed by atoms with E-state index in [0.717, 1.165) is 45.6 Å². The Kier molecular flexibility index (Phi) is 4.43. The highest BCUT2D eigenvalue weighted by atomic mass is 32.2. The van der Waals surface area contributed by atoms with Gasteiger partial charge in [0.25, 0.3) is 0 Å². The van der Waals surface area contributed by atoms with E-state index in [-0.39, 0.29) is 0 Å². The third kappa shape index (κ3) is 4.30. The lowest BCUT2D eigenvalue weighted by Gasteiger charge is -2.25. The Bertz CT molecular complexity index is 388. The van der Waals surface area contributed by atoms with Gasteiger partial charge in [0.1, 0.15) is 9.84 Å². The Morgan fingerprint density at radius 1 is 1.18 bits per heavy atom. The molecule has 5 heteroatoms. The van der Waals surface area contributed by atoms with Crippen molar-refractivity contribution in [3.63, 3.8) is 0 Å². The molecule has 0 radical (unpaired) electrons. The second kappa shape index (κ2) is 5.85. The molecule has 0 bridgehead atoms. The third-order valence-corrected chi connectivity index (χ3v) is 5.09. The number of hydrogen-bond donors (Lipinski definition) is 1. The molecule has 0 saturated carbocycles. The zero-order valence-corrected chi connectivity index (χ0v) is 10.9. The molecule has 0 aromatic heterocycles. The molecule has 1 N–H and O–H groups in total. The summed E-state index contributed by atoms with van der Waals surface area (Å²) < 4.78 is 22.5. The van der Waals surface area contributed by atoms with Gasteiger partial charge in [-0.15, -0.1) is 0 Å². The van der Waals surface area contributed by atoms with Crippen LogP contribution in [-0.2, 0) is 9.84 Å². The number of sulfone groups is 1. The number of nitrogens with zero attached hydrogens (tertiary/aromatic N) is 1. The Balaban J connectivity index is 1.74. The van der Waals surface area contributed by atoms with Crippen molar-refractivity contribution >= 4 is 9.84 Å². The van der Waals surface area contributed by atoms with E-state index in [0.29, 0.717) is 17.4 Å². The van der Waals surface area contributed by atoms with Crippen molar-refractivity contribution in [2.75, 3.05) is 44.2 Å². The van der Waals surface area contributed by atoms with E-state index < -0.39 is 9.84 Å². The molecule has 2 fully saturated rings. The van der Waals surface area contributed by atoms with Gasteiger partial charge in [-0.2, -0.15) is 0 Å². The highest BCUT2D eigenvalue weighted by Gasteiger charge is 2.21. The van der Waals surface area contributed by atoms with Crippen LogP contribution in [0.5, 0.6) is 0 Å². The molecular formula is C12H20N2O2S. The van der Waals surface area contributed by atoms with Crippen molar-refractivity contribution in [2.24, 2.45) is 5.92 Å². The fraction of sp³-hybridized carbons (Fsp3) is 0.833. The van der Waals surface area contributed by atoms with Crippen molar-refractivity contribution in [2.45, 2.75) is 12.8 Å². The molecule has 0 unspecified atom stereocenters. The number of nitrogens with one attached hydrogen (secondary N) is 1. The first-order valence-electron chi connectivity index (χ1n) is 6.28. The molecule has 0 atom stereocenters. The van der Waals surface area contributed by atoms with E-state index in [2.05, 4.69) is 22.1 Å². The lowest BCUT2D eigenvalue weighted by atomic mass is 10.0. The van der Waals surface area contributed by atoms with Gasteiger partial charge in [-0.05, 0) is 12.8 Å². The van der Waals surface area contributed by atoms with Crippen molar-refractivity contribution in [1.29, 1.82) is 0 Å². The van der Waals surface area contributed by atoms with Crippen LogP contribution in [-0.4, -0.2) is 57.5 Å². The molecule has 0 aliphatic carbocycles. The van der Waals surface area contributed by atoms with Crippen LogP contribution in [0.2, 0.25) is 0 Å². The second-order valence-electron chi connectivity index (χ2n) is 4.77. The first-order chi connectivity index (χ1) is 8.16. The van der Waals surface area contributed by atoms with Crippen LogP contribution in [0.1, 0.15) is 12.8 Å². The van der Waals surface area contributed by atoms with E-state index in [4.69, 9.17) is 0 Å². The van der Waals surface area contributed by atoms with Crippen LogP contribution in [0.25, 0.3) is 0 Å². The van der Waals surface area contributed by atoms with Gasteiger partial charge in [0.15, 0.2) is 0 Å². The summed E-state index contributed by atoms with van der Waals surface area (Å²) in [5.74, 6) is 7.37. The molecule has 17 heavy (non-hydrogen) atoms. The molecule has 2 saturated heterocycles. The number of rotatable bonds is 1. The van der Waals surface area contributed by atoms with Crippen LogP contribution >= 0.6 is 0 Å². The van der Waals surface area contributed by atoms with Crippen LogP contribution < -0.4 is 5.32 Å². The maximum atomic E-state index is 11.3. The summed E-state index contributed by atoms with van der Waals surface area (Å²) >= 11 is 0. The fourth-order valence-corrected chi connectivity index (χ4v) is 3.70. The Labute approximate surface area is 104 Å². The summed E-state index contributed by atoms with van der Waals surface area (Å²) in [6.07, 6.45) is 1.44. The van der Waals surface area contributed by atoms with E-state index >= 15 is 0 Å². The monoisotopic (exact) mass is 256 g/mol. The van der Waals surface area contributed by atoms with Gasteiger partial charge < -0.3 is 5.32 Å². The van der Waals surface area contributed by atoms with E-state index in [1.165, 1.54) is 0 Å². The van der Waals surface area contributed by atoms with Gasteiger partial charge in [0.05, 0.1) is 18.1 Å². The zero-order chi connectivity index (χ0) is 12.1. The second-order valence-corrected chi connectivity index (χ2v) is 7.08. The minimum Gasteiger partial charge on any atom is -0.314 e. The predicted octanol–water partition coefficient (Wildman–Crippen LogP) is -0.280. The average Bonchev–Trinajstić information content (AvgIpc) is 2.33. The number of piperazine rings is 1. The standard InChI is InChI=1S/C12H20N2O2S/c15-17(16)10-3-12(4-11-17)2-1-7-14-8-5-13-6-9-14/h12-13H,3-11H2. The summed E-state index contributed by atoms with van der Waals surface area (Å²) in [4.78, 5) is 2.34. The summed E-state index contributed by atoms with van der Waals surface area (Å²) in [5.41, 5.74) is 0. The maximum absolute atomic E-state index is 11.3. The SMILES string of the molecule is O=S1(=O)CCC(C#CCN2CCNCC2)CC1. The Morgan fingerprint density at radius 3 is 2.47 bits per heavy atom. The molecule has 0 aromatic carbocycles. The first-order valence-corrected chi connectivity index (χ1v) is 8.10.